The number of nitrogens with two attached hydrogens (primary N) is 1. The number of primary amides is 1. The lowest BCUT2D eigenvalue weighted by Gasteiger charge is -2.05. The summed E-state index contributed by atoms with van der Waals surface area (Å²) >= 11 is 0. The van der Waals surface area contributed by atoms with Gasteiger partial charge in [-0.3, -0.25) is 4.79 Å². The molecule has 0 aliphatic carbocycles. The quantitative estimate of drug-likeness (QED) is 0.229. The van der Waals surface area contributed by atoms with Gasteiger partial charge in [0.15, 0.2) is 6.04 Å². The largest absolute Gasteiger partial charge is 0.480 e. The van der Waals surface area contributed by atoms with Crippen molar-refractivity contribution < 1.29 is 24.5 Å². The first-order valence-electron chi connectivity index (χ1n) is 5.94. The van der Waals surface area contributed by atoms with Crippen molar-refractivity contribution in [1.29, 1.82) is 0 Å². The molecular formula is C13H16N2O5. The molecule has 20 heavy (non-hydrogen) atoms. The zero-order valence-electron chi connectivity index (χ0n) is 10.8. The van der Waals surface area contributed by atoms with Crippen LogP contribution in [0.1, 0.15) is 18.4 Å². The molecule has 0 saturated carbocycles. The molecule has 0 aromatic heterocycles. The van der Waals surface area contributed by atoms with E-state index in [0.717, 1.165) is 12.0 Å². The van der Waals surface area contributed by atoms with Gasteiger partial charge in [-0.05, 0) is 12.0 Å². The standard InChI is InChI=1S/C13H16N2O5/c14-12(16)7-6-11(13(17)18)15-9-20-19-8-10-4-2-1-3-5-10/h1-5,9,11H,6-8H2,(H2,14,16)(H,17,18)/t11-/m0/s1. The van der Waals surface area contributed by atoms with Gasteiger partial charge in [0.1, 0.15) is 6.61 Å². The number of carboxylic acid groups (broad SMARTS) is 1. The van der Waals surface area contributed by atoms with Gasteiger partial charge in [0.05, 0.1) is 0 Å². The number of carboxylic acids is 1. The van der Waals surface area contributed by atoms with Crippen molar-refractivity contribution in [2.75, 3.05) is 0 Å². The maximum absolute atomic E-state index is 10.8. The Hall–Kier alpha value is -2.41. The van der Waals surface area contributed by atoms with Crippen LogP contribution in [0.5, 0.6) is 0 Å². The van der Waals surface area contributed by atoms with E-state index in [-0.39, 0.29) is 19.4 Å². The summed E-state index contributed by atoms with van der Waals surface area (Å²) < 4.78 is 0. The molecule has 3 N–H and O–H groups in total. The number of carbonyl (C=O) groups excluding carboxylic acids is 1. The number of benzene rings is 1. The van der Waals surface area contributed by atoms with Crippen LogP contribution in [0.4, 0.5) is 0 Å². The summed E-state index contributed by atoms with van der Waals surface area (Å²) in [4.78, 5) is 34.6. The van der Waals surface area contributed by atoms with E-state index >= 15 is 0 Å². The Morgan fingerprint density at radius 1 is 1.35 bits per heavy atom. The van der Waals surface area contributed by atoms with Gasteiger partial charge in [-0.2, -0.15) is 4.89 Å². The molecule has 0 unspecified atom stereocenters. The van der Waals surface area contributed by atoms with Crippen molar-refractivity contribution in [3.8, 4) is 0 Å². The highest BCUT2D eigenvalue weighted by Crippen LogP contribution is 2.03. The van der Waals surface area contributed by atoms with Crippen LogP contribution in [0, 0.1) is 0 Å². The van der Waals surface area contributed by atoms with E-state index in [9.17, 15) is 9.59 Å². The van der Waals surface area contributed by atoms with Crippen LogP contribution in [-0.2, 0) is 26.0 Å². The number of hydrogen-bond acceptors (Lipinski definition) is 5. The van der Waals surface area contributed by atoms with Crippen molar-refractivity contribution in [2.24, 2.45) is 10.7 Å². The first-order valence-corrected chi connectivity index (χ1v) is 5.94. The molecule has 7 heteroatoms. The maximum atomic E-state index is 10.8. The monoisotopic (exact) mass is 280 g/mol. The minimum atomic E-state index is -1.16. The third-order valence-electron chi connectivity index (χ3n) is 2.37. The average molecular weight is 280 g/mol. The van der Waals surface area contributed by atoms with Crippen LogP contribution >= 0.6 is 0 Å². The number of carbonyl (C=O) groups is 2. The Morgan fingerprint density at radius 2 is 2.05 bits per heavy atom. The van der Waals surface area contributed by atoms with Gasteiger partial charge >= 0.3 is 5.97 Å². The molecule has 0 aliphatic rings. The normalized spacial score (nSPS) is 12.2. The third-order valence-corrected chi connectivity index (χ3v) is 2.37. The first kappa shape index (κ1) is 15.6. The maximum Gasteiger partial charge on any atom is 0.328 e. The van der Waals surface area contributed by atoms with Crippen molar-refractivity contribution in [3.63, 3.8) is 0 Å². The minimum Gasteiger partial charge on any atom is -0.480 e. The van der Waals surface area contributed by atoms with E-state index in [2.05, 4.69) is 9.88 Å². The molecule has 0 saturated heterocycles. The molecule has 0 heterocycles. The van der Waals surface area contributed by atoms with E-state index in [1.54, 1.807) is 0 Å². The third kappa shape index (κ3) is 6.50. The SMILES string of the molecule is NC(=O)CC[C@H](N=COOCc1ccccc1)C(=O)O. The molecule has 0 fully saturated rings. The summed E-state index contributed by atoms with van der Waals surface area (Å²) in [6.45, 7) is 0.214. The van der Waals surface area contributed by atoms with Crippen molar-refractivity contribution in [1.82, 2.24) is 0 Å². The highest BCUT2D eigenvalue weighted by atomic mass is 17.2. The number of nitrogens with zero attached hydrogens (tertiary/aromatic N) is 1. The van der Waals surface area contributed by atoms with Gasteiger partial charge < -0.3 is 15.7 Å². The summed E-state index contributed by atoms with van der Waals surface area (Å²) in [5, 5.41) is 8.86. The number of rotatable bonds is 9. The van der Waals surface area contributed by atoms with Gasteiger partial charge in [0, 0.05) is 6.42 Å². The Bertz CT molecular complexity index is 461. The zero-order chi connectivity index (χ0) is 14.8. The van der Waals surface area contributed by atoms with E-state index < -0.39 is 17.9 Å². The molecule has 0 bridgehead atoms. The smallest absolute Gasteiger partial charge is 0.328 e. The highest BCUT2D eigenvalue weighted by Gasteiger charge is 2.16. The molecule has 1 aromatic rings. The summed E-state index contributed by atoms with van der Waals surface area (Å²) in [6.07, 6.45) is 0.866. The second-order valence-electron chi connectivity index (χ2n) is 3.96. The Morgan fingerprint density at radius 3 is 2.65 bits per heavy atom. The predicted molar refractivity (Wildman–Crippen MR) is 70.7 cm³/mol. The topological polar surface area (TPSA) is 111 Å². The molecule has 108 valence electrons. The van der Waals surface area contributed by atoms with Crippen LogP contribution in [0.2, 0.25) is 0 Å². The Balaban J connectivity index is 2.30. The Kier molecular flexibility index (Phi) is 6.77. The van der Waals surface area contributed by atoms with Crippen molar-refractivity contribution >= 4 is 18.3 Å². The molecule has 1 amide bonds. The number of aliphatic carboxylic acids is 1. The van der Waals surface area contributed by atoms with Gasteiger partial charge in [-0.1, -0.05) is 30.3 Å². The van der Waals surface area contributed by atoms with Gasteiger partial charge in [-0.25, -0.2) is 9.79 Å². The van der Waals surface area contributed by atoms with E-state index in [1.807, 2.05) is 30.3 Å². The highest BCUT2D eigenvalue weighted by molar-refractivity contribution is 5.78. The van der Waals surface area contributed by atoms with E-state index in [1.165, 1.54) is 0 Å². The van der Waals surface area contributed by atoms with E-state index in [0.29, 0.717) is 0 Å². The average Bonchev–Trinajstić information content (AvgIpc) is 2.42. The predicted octanol–water partition coefficient (Wildman–Crippen LogP) is 0.882. The lowest BCUT2D eigenvalue weighted by Crippen LogP contribution is -2.21. The molecule has 1 rings (SSSR count). The summed E-state index contributed by atoms with van der Waals surface area (Å²) in [5.74, 6) is -1.73. The number of hydrogen-bond donors (Lipinski definition) is 2. The number of aliphatic imine (C=N–C) groups is 1. The number of amides is 1. The van der Waals surface area contributed by atoms with Crippen LogP contribution in [0.3, 0.4) is 0 Å². The lowest BCUT2D eigenvalue weighted by atomic mass is 10.1. The van der Waals surface area contributed by atoms with Crippen LogP contribution in [-0.4, -0.2) is 29.4 Å². The zero-order valence-corrected chi connectivity index (χ0v) is 10.8. The van der Waals surface area contributed by atoms with Crippen LogP contribution in [0.25, 0.3) is 0 Å². The summed E-state index contributed by atoms with van der Waals surface area (Å²) in [7, 11) is 0. The molecular weight excluding hydrogens is 264 g/mol. The van der Waals surface area contributed by atoms with Crippen molar-refractivity contribution in [3.05, 3.63) is 35.9 Å². The molecule has 1 atom stereocenters. The fourth-order valence-corrected chi connectivity index (χ4v) is 1.35. The van der Waals surface area contributed by atoms with Crippen molar-refractivity contribution in [2.45, 2.75) is 25.5 Å². The second kappa shape index (κ2) is 8.65. The van der Waals surface area contributed by atoms with E-state index in [4.69, 9.17) is 15.7 Å². The summed E-state index contributed by atoms with van der Waals surface area (Å²) in [5.41, 5.74) is 5.85. The van der Waals surface area contributed by atoms with Gasteiger partial charge in [0.2, 0.25) is 12.3 Å². The lowest BCUT2D eigenvalue weighted by molar-refractivity contribution is -0.227. The van der Waals surface area contributed by atoms with Crippen LogP contribution < -0.4 is 5.73 Å². The van der Waals surface area contributed by atoms with Crippen LogP contribution in [0.15, 0.2) is 35.3 Å². The first-order chi connectivity index (χ1) is 9.59. The summed E-state index contributed by atoms with van der Waals surface area (Å²) in [6, 6.07) is 8.22. The van der Waals surface area contributed by atoms with Gasteiger partial charge in [-0.15, -0.1) is 0 Å². The Labute approximate surface area is 115 Å². The molecule has 0 aliphatic heterocycles. The molecule has 0 spiro atoms. The van der Waals surface area contributed by atoms with Gasteiger partial charge in [0.25, 0.3) is 0 Å². The minimum absolute atomic E-state index is 0.0171. The second-order valence-corrected chi connectivity index (χ2v) is 3.96. The fraction of sp³-hybridized carbons (Fsp3) is 0.308. The fourth-order valence-electron chi connectivity index (χ4n) is 1.35. The molecule has 1 aromatic carbocycles. The molecule has 0 radical (unpaired) electrons. The molecule has 7 nitrogen and oxygen atoms in total.